The average molecular weight is 309 g/mol. The lowest BCUT2D eigenvalue weighted by atomic mass is 9.84. The number of rotatable bonds is 3. The molecule has 3 rings (SSSR count). The average Bonchev–Trinajstić information content (AvgIpc) is 2.57. The van der Waals surface area contributed by atoms with Gasteiger partial charge in [0.2, 0.25) is 5.91 Å². The molecular formula is C20H23NO2. The van der Waals surface area contributed by atoms with Crippen LogP contribution in [0.5, 0.6) is 0 Å². The zero-order valence-electron chi connectivity index (χ0n) is 13.5. The second kappa shape index (κ2) is 6.55. The maximum atomic E-state index is 12.4. The number of piperidine rings is 1. The lowest BCUT2D eigenvalue weighted by Gasteiger charge is -2.38. The molecule has 3 heteroatoms. The minimum atomic E-state index is -0.808. The van der Waals surface area contributed by atoms with Crippen LogP contribution in [0.4, 0.5) is 0 Å². The number of amides is 1. The topological polar surface area (TPSA) is 40.5 Å². The van der Waals surface area contributed by atoms with Gasteiger partial charge in [0.25, 0.3) is 0 Å². The molecule has 2 aromatic rings. The number of hydrogen-bond acceptors (Lipinski definition) is 2. The highest BCUT2D eigenvalue weighted by Gasteiger charge is 2.35. The number of hydrogen-bond donors (Lipinski definition) is 1. The number of aryl methyl sites for hydroxylation is 1. The van der Waals surface area contributed by atoms with Crippen LogP contribution in [-0.4, -0.2) is 29.0 Å². The summed E-state index contributed by atoms with van der Waals surface area (Å²) in [5.74, 6) is 0.141. The van der Waals surface area contributed by atoms with Crippen molar-refractivity contribution in [2.45, 2.75) is 31.8 Å². The molecule has 2 aromatic carbocycles. The predicted molar refractivity (Wildman–Crippen MR) is 91.0 cm³/mol. The molecule has 0 aliphatic carbocycles. The van der Waals surface area contributed by atoms with Crippen molar-refractivity contribution in [2.75, 3.05) is 13.1 Å². The third kappa shape index (κ3) is 3.62. The summed E-state index contributed by atoms with van der Waals surface area (Å²) in [6, 6.07) is 17.9. The molecule has 120 valence electrons. The largest absolute Gasteiger partial charge is 0.385 e. The summed E-state index contributed by atoms with van der Waals surface area (Å²) >= 11 is 0. The van der Waals surface area contributed by atoms with Gasteiger partial charge in [0.15, 0.2) is 0 Å². The molecule has 0 bridgehead atoms. The Hall–Kier alpha value is -2.13. The Morgan fingerprint density at radius 1 is 1.04 bits per heavy atom. The molecule has 1 aliphatic heterocycles. The van der Waals surface area contributed by atoms with Gasteiger partial charge in [-0.15, -0.1) is 0 Å². The van der Waals surface area contributed by atoms with E-state index in [1.54, 1.807) is 0 Å². The second-order valence-electron chi connectivity index (χ2n) is 6.44. The number of likely N-dealkylation sites (tertiary alicyclic amines) is 1. The summed E-state index contributed by atoms with van der Waals surface area (Å²) in [5.41, 5.74) is 2.37. The van der Waals surface area contributed by atoms with Crippen LogP contribution in [0.15, 0.2) is 54.6 Å². The number of carbonyl (C=O) groups is 1. The lowest BCUT2D eigenvalue weighted by molar-refractivity contribution is -0.135. The highest BCUT2D eigenvalue weighted by Crippen LogP contribution is 2.33. The van der Waals surface area contributed by atoms with Gasteiger partial charge in [-0.2, -0.15) is 0 Å². The molecule has 23 heavy (non-hydrogen) atoms. The van der Waals surface area contributed by atoms with E-state index in [0.717, 1.165) is 11.1 Å². The van der Waals surface area contributed by atoms with E-state index in [9.17, 15) is 9.90 Å². The lowest BCUT2D eigenvalue weighted by Crippen LogP contribution is -2.45. The Kier molecular flexibility index (Phi) is 4.49. The Morgan fingerprint density at radius 2 is 1.65 bits per heavy atom. The van der Waals surface area contributed by atoms with E-state index in [4.69, 9.17) is 0 Å². The zero-order chi connectivity index (χ0) is 16.3. The van der Waals surface area contributed by atoms with Crippen LogP contribution in [-0.2, 0) is 16.8 Å². The first-order valence-electron chi connectivity index (χ1n) is 8.18. The van der Waals surface area contributed by atoms with Gasteiger partial charge in [-0.1, -0.05) is 60.2 Å². The molecule has 1 aliphatic rings. The third-order valence-corrected chi connectivity index (χ3v) is 4.73. The van der Waals surface area contributed by atoms with Crippen LogP contribution in [0.1, 0.15) is 29.5 Å². The zero-order valence-corrected chi connectivity index (χ0v) is 13.5. The van der Waals surface area contributed by atoms with E-state index in [1.165, 1.54) is 5.56 Å². The monoisotopic (exact) mass is 309 g/mol. The summed E-state index contributed by atoms with van der Waals surface area (Å²) in [7, 11) is 0. The quantitative estimate of drug-likeness (QED) is 0.946. The van der Waals surface area contributed by atoms with Crippen LogP contribution in [0.2, 0.25) is 0 Å². The van der Waals surface area contributed by atoms with Crippen LogP contribution >= 0.6 is 0 Å². The predicted octanol–water partition coefficient (Wildman–Crippen LogP) is 3.05. The number of nitrogens with zero attached hydrogens (tertiary/aromatic N) is 1. The molecule has 0 aromatic heterocycles. The van der Waals surface area contributed by atoms with E-state index in [2.05, 4.69) is 0 Å². The second-order valence-corrected chi connectivity index (χ2v) is 6.44. The molecule has 1 amide bonds. The Morgan fingerprint density at radius 3 is 2.26 bits per heavy atom. The van der Waals surface area contributed by atoms with Gasteiger partial charge in [0.1, 0.15) is 0 Å². The van der Waals surface area contributed by atoms with Gasteiger partial charge in [-0.25, -0.2) is 0 Å². The van der Waals surface area contributed by atoms with Crippen LogP contribution in [0.25, 0.3) is 0 Å². The molecule has 3 nitrogen and oxygen atoms in total. The van der Waals surface area contributed by atoms with Crippen molar-refractivity contribution in [1.29, 1.82) is 0 Å². The number of benzene rings is 2. The van der Waals surface area contributed by atoms with Crippen molar-refractivity contribution in [3.05, 3.63) is 71.3 Å². The van der Waals surface area contributed by atoms with Gasteiger partial charge in [0, 0.05) is 13.1 Å². The number of carbonyl (C=O) groups excluding carboxylic acids is 1. The molecule has 0 saturated carbocycles. The first-order chi connectivity index (χ1) is 11.1. The van der Waals surface area contributed by atoms with Crippen LogP contribution in [0, 0.1) is 6.92 Å². The summed E-state index contributed by atoms with van der Waals surface area (Å²) < 4.78 is 0. The van der Waals surface area contributed by atoms with Crippen molar-refractivity contribution in [1.82, 2.24) is 4.90 Å². The molecule has 1 fully saturated rings. The van der Waals surface area contributed by atoms with E-state index in [0.29, 0.717) is 32.4 Å². The fraction of sp³-hybridized carbons (Fsp3) is 0.350. The van der Waals surface area contributed by atoms with Crippen LogP contribution in [0.3, 0.4) is 0 Å². The molecule has 1 saturated heterocycles. The molecule has 1 N–H and O–H groups in total. The molecule has 0 atom stereocenters. The third-order valence-electron chi connectivity index (χ3n) is 4.73. The maximum absolute atomic E-state index is 12.4. The van der Waals surface area contributed by atoms with Crippen LogP contribution < -0.4 is 0 Å². The van der Waals surface area contributed by atoms with E-state index >= 15 is 0 Å². The Bertz CT molecular complexity index is 656. The van der Waals surface area contributed by atoms with Crippen molar-refractivity contribution in [3.8, 4) is 0 Å². The van der Waals surface area contributed by atoms with Crippen molar-refractivity contribution in [3.63, 3.8) is 0 Å². The van der Waals surface area contributed by atoms with E-state index in [1.807, 2.05) is 66.4 Å². The molecule has 0 spiro atoms. The summed E-state index contributed by atoms with van der Waals surface area (Å²) in [6.45, 7) is 3.25. The number of aliphatic hydroxyl groups is 1. The molecule has 1 heterocycles. The van der Waals surface area contributed by atoms with E-state index < -0.39 is 5.60 Å². The SMILES string of the molecule is Cc1ccc(C2(O)CCN(C(=O)Cc3ccccc3)CC2)cc1. The van der Waals surface area contributed by atoms with E-state index in [-0.39, 0.29) is 5.91 Å². The maximum Gasteiger partial charge on any atom is 0.226 e. The molecule has 0 radical (unpaired) electrons. The minimum absolute atomic E-state index is 0.141. The molecule has 0 unspecified atom stereocenters. The first-order valence-corrected chi connectivity index (χ1v) is 8.18. The van der Waals surface area contributed by atoms with Gasteiger partial charge in [0.05, 0.1) is 12.0 Å². The van der Waals surface area contributed by atoms with Gasteiger partial charge in [-0.3, -0.25) is 4.79 Å². The first kappa shape index (κ1) is 15.8. The fourth-order valence-electron chi connectivity index (χ4n) is 3.16. The minimum Gasteiger partial charge on any atom is -0.385 e. The normalized spacial score (nSPS) is 17.0. The highest BCUT2D eigenvalue weighted by molar-refractivity contribution is 5.78. The van der Waals surface area contributed by atoms with Gasteiger partial charge < -0.3 is 10.0 Å². The summed E-state index contributed by atoms with van der Waals surface area (Å²) in [4.78, 5) is 14.3. The smallest absolute Gasteiger partial charge is 0.226 e. The van der Waals surface area contributed by atoms with Crippen molar-refractivity contribution >= 4 is 5.91 Å². The standard InChI is InChI=1S/C20H23NO2/c1-16-7-9-18(10-8-16)20(23)11-13-21(14-12-20)19(22)15-17-5-3-2-4-6-17/h2-10,23H,11-15H2,1H3. The highest BCUT2D eigenvalue weighted by atomic mass is 16.3. The summed E-state index contributed by atoms with van der Waals surface area (Å²) in [6.07, 6.45) is 1.62. The van der Waals surface area contributed by atoms with Gasteiger partial charge in [-0.05, 0) is 30.9 Å². The van der Waals surface area contributed by atoms with Crippen molar-refractivity contribution < 1.29 is 9.90 Å². The van der Waals surface area contributed by atoms with Gasteiger partial charge >= 0.3 is 0 Å². The molecular weight excluding hydrogens is 286 g/mol. The fourth-order valence-corrected chi connectivity index (χ4v) is 3.16. The Labute approximate surface area is 137 Å². The van der Waals surface area contributed by atoms with Crippen molar-refractivity contribution in [2.24, 2.45) is 0 Å². The Balaban J connectivity index is 1.61. The summed E-state index contributed by atoms with van der Waals surface area (Å²) in [5, 5.41) is 10.9.